The van der Waals surface area contributed by atoms with E-state index in [2.05, 4.69) is 15.3 Å². The van der Waals surface area contributed by atoms with Gasteiger partial charge in [-0.25, -0.2) is 9.97 Å². The monoisotopic (exact) mass is 225 g/mol. The van der Waals surface area contributed by atoms with Crippen molar-refractivity contribution >= 4 is 11.8 Å². The lowest BCUT2D eigenvalue weighted by atomic mass is 10.3. The van der Waals surface area contributed by atoms with Crippen LogP contribution < -0.4 is 5.32 Å². The molecule has 1 aliphatic heterocycles. The summed E-state index contributed by atoms with van der Waals surface area (Å²) in [6.45, 7) is 4.68. The summed E-state index contributed by atoms with van der Waals surface area (Å²) < 4.78 is 5.58. The molecule has 1 aromatic heterocycles. The molecular weight excluding hydrogens is 210 g/mol. The minimum absolute atomic E-state index is 0.286. The molecular formula is C10H15N3OS. The van der Waals surface area contributed by atoms with Crippen molar-refractivity contribution in [1.82, 2.24) is 15.3 Å². The summed E-state index contributed by atoms with van der Waals surface area (Å²) in [5, 5.41) is 4.13. The van der Waals surface area contributed by atoms with E-state index in [1.165, 1.54) is 0 Å². The van der Waals surface area contributed by atoms with Crippen molar-refractivity contribution in [3.05, 3.63) is 18.0 Å². The molecule has 1 unspecified atom stereocenters. The Hall–Kier alpha value is -0.650. The van der Waals surface area contributed by atoms with Gasteiger partial charge in [-0.15, -0.1) is 0 Å². The summed E-state index contributed by atoms with van der Waals surface area (Å²) in [5.74, 6) is 0.913. The van der Waals surface area contributed by atoms with Crippen LogP contribution >= 0.6 is 11.8 Å². The Morgan fingerprint density at radius 1 is 1.53 bits per heavy atom. The second-order valence-electron chi connectivity index (χ2n) is 3.55. The van der Waals surface area contributed by atoms with Crippen LogP contribution in [0.4, 0.5) is 0 Å². The molecule has 0 bridgehead atoms. The summed E-state index contributed by atoms with van der Waals surface area (Å²) in [6.07, 6.45) is 3.97. The van der Waals surface area contributed by atoms with Gasteiger partial charge >= 0.3 is 0 Å². The molecule has 0 saturated carbocycles. The van der Waals surface area contributed by atoms with Crippen LogP contribution in [0.1, 0.15) is 5.56 Å². The van der Waals surface area contributed by atoms with E-state index in [1.807, 2.05) is 19.3 Å². The highest BCUT2D eigenvalue weighted by Crippen LogP contribution is 2.15. The molecule has 82 valence electrons. The second kappa shape index (κ2) is 5.44. The average molecular weight is 225 g/mol. The molecule has 4 nitrogen and oxygen atoms in total. The number of hydrogen-bond donors (Lipinski definition) is 1. The first kappa shape index (κ1) is 10.9. The number of rotatable bonds is 3. The molecule has 0 radical (unpaired) electrons. The summed E-state index contributed by atoms with van der Waals surface area (Å²) in [6, 6.07) is 0. The number of aromatic nitrogens is 2. The number of nitrogens with one attached hydrogen (secondary N) is 1. The van der Waals surface area contributed by atoms with Crippen molar-refractivity contribution in [2.75, 3.05) is 25.4 Å². The molecule has 1 saturated heterocycles. The van der Waals surface area contributed by atoms with E-state index in [0.29, 0.717) is 0 Å². The van der Waals surface area contributed by atoms with Crippen molar-refractivity contribution < 1.29 is 4.74 Å². The van der Waals surface area contributed by atoms with E-state index in [9.17, 15) is 0 Å². The maximum absolute atomic E-state index is 5.58. The molecule has 1 fully saturated rings. The number of aryl methyl sites for hydroxylation is 1. The third kappa shape index (κ3) is 3.44. The van der Waals surface area contributed by atoms with Crippen LogP contribution in [0.2, 0.25) is 0 Å². The normalized spacial score (nSPS) is 21.5. The summed E-state index contributed by atoms with van der Waals surface area (Å²) in [5.41, 5.74) is 1.09. The van der Waals surface area contributed by atoms with Crippen LogP contribution in [-0.2, 0) is 4.74 Å². The van der Waals surface area contributed by atoms with Crippen LogP contribution in [0.15, 0.2) is 17.6 Å². The van der Waals surface area contributed by atoms with Crippen LogP contribution in [0.25, 0.3) is 0 Å². The van der Waals surface area contributed by atoms with Crippen molar-refractivity contribution in [3.63, 3.8) is 0 Å². The fourth-order valence-electron chi connectivity index (χ4n) is 1.35. The topological polar surface area (TPSA) is 47.0 Å². The van der Waals surface area contributed by atoms with Crippen molar-refractivity contribution in [3.8, 4) is 0 Å². The van der Waals surface area contributed by atoms with E-state index in [0.717, 1.165) is 36.2 Å². The van der Waals surface area contributed by atoms with Gasteiger partial charge in [-0.3, -0.25) is 0 Å². The zero-order valence-electron chi connectivity index (χ0n) is 8.77. The molecule has 0 aromatic carbocycles. The molecule has 0 amide bonds. The lowest BCUT2D eigenvalue weighted by Crippen LogP contribution is -2.39. The standard InChI is InChI=1S/C10H15N3OS/c1-8-4-12-10(13-5-8)15-7-9-6-11-2-3-14-9/h4-5,9,11H,2-3,6-7H2,1H3. The van der Waals surface area contributed by atoms with Gasteiger partial charge in [-0.05, 0) is 12.5 Å². The van der Waals surface area contributed by atoms with Crippen LogP contribution in [-0.4, -0.2) is 41.5 Å². The first-order valence-electron chi connectivity index (χ1n) is 5.08. The van der Waals surface area contributed by atoms with E-state index in [-0.39, 0.29) is 6.10 Å². The third-order valence-corrected chi connectivity index (χ3v) is 3.17. The van der Waals surface area contributed by atoms with Gasteiger partial charge < -0.3 is 10.1 Å². The molecule has 1 atom stereocenters. The van der Waals surface area contributed by atoms with E-state index < -0.39 is 0 Å². The van der Waals surface area contributed by atoms with Crippen LogP contribution in [0.3, 0.4) is 0 Å². The summed E-state index contributed by atoms with van der Waals surface area (Å²) in [4.78, 5) is 8.48. The van der Waals surface area contributed by atoms with Gasteiger partial charge in [-0.2, -0.15) is 0 Å². The van der Waals surface area contributed by atoms with Crippen molar-refractivity contribution in [2.24, 2.45) is 0 Å². The zero-order chi connectivity index (χ0) is 10.5. The maximum atomic E-state index is 5.58. The van der Waals surface area contributed by atoms with Crippen LogP contribution in [0, 0.1) is 6.92 Å². The molecule has 0 spiro atoms. The fraction of sp³-hybridized carbons (Fsp3) is 0.600. The van der Waals surface area contributed by atoms with E-state index >= 15 is 0 Å². The van der Waals surface area contributed by atoms with Crippen molar-refractivity contribution in [2.45, 2.75) is 18.2 Å². The Kier molecular flexibility index (Phi) is 3.94. The van der Waals surface area contributed by atoms with Gasteiger partial charge in [0, 0.05) is 31.2 Å². The Morgan fingerprint density at radius 2 is 2.33 bits per heavy atom. The quantitative estimate of drug-likeness (QED) is 0.611. The molecule has 15 heavy (non-hydrogen) atoms. The first-order valence-corrected chi connectivity index (χ1v) is 6.07. The minimum atomic E-state index is 0.286. The smallest absolute Gasteiger partial charge is 0.187 e. The predicted octanol–water partition coefficient (Wildman–Crippen LogP) is 0.866. The average Bonchev–Trinajstić information content (AvgIpc) is 2.30. The zero-order valence-corrected chi connectivity index (χ0v) is 9.59. The summed E-state index contributed by atoms with van der Waals surface area (Å²) >= 11 is 1.65. The first-order chi connectivity index (χ1) is 7.34. The number of ether oxygens (including phenoxy) is 1. The number of thioether (sulfide) groups is 1. The van der Waals surface area contributed by atoms with Gasteiger partial charge in [0.2, 0.25) is 0 Å². The number of nitrogens with zero attached hydrogens (tertiary/aromatic N) is 2. The van der Waals surface area contributed by atoms with Gasteiger partial charge in [0.05, 0.1) is 12.7 Å². The molecule has 2 rings (SSSR count). The van der Waals surface area contributed by atoms with Crippen LogP contribution in [0.5, 0.6) is 0 Å². The SMILES string of the molecule is Cc1cnc(SCC2CNCCO2)nc1. The fourth-order valence-corrected chi connectivity index (χ4v) is 2.15. The number of hydrogen-bond acceptors (Lipinski definition) is 5. The Balaban J connectivity index is 1.79. The van der Waals surface area contributed by atoms with Gasteiger partial charge in [0.25, 0.3) is 0 Å². The third-order valence-electron chi connectivity index (χ3n) is 2.16. The van der Waals surface area contributed by atoms with Gasteiger partial charge in [0.1, 0.15) is 0 Å². The minimum Gasteiger partial charge on any atom is -0.375 e. The summed E-state index contributed by atoms with van der Waals surface area (Å²) in [7, 11) is 0. The van der Waals surface area contributed by atoms with Crippen molar-refractivity contribution in [1.29, 1.82) is 0 Å². The molecule has 1 aliphatic rings. The Labute approximate surface area is 93.8 Å². The molecule has 5 heteroatoms. The largest absolute Gasteiger partial charge is 0.375 e. The molecule has 1 aromatic rings. The lowest BCUT2D eigenvalue weighted by Gasteiger charge is -2.22. The van der Waals surface area contributed by atoms with E-state index in [4.69, 9.17) is 4.74 Å². The second-order valence-corrected chi connectivity index (χ2v) is 4.54. The van der Waals surface area contributed by atoms with Gasteiger partial charge in [0.15, 0.2) is 5.16 Å². The molecule has 0 aliphatic carbocycles. The lowest BCUT2D eigenvalue weighted by molar-refractivity contribution is 0.0440. The highest BCUT2D eigenvalue weighted by atomic mass is 32.2. The number of morpholine rings is 1. The molecule has 2 heterocycles. The molecule has 1 N–H and O–H groups in total. The highest BCUT2D eigenvalue weighted by molar-refractivity contribution is 7.99. The highest BCUT2D eigenvalue weighted by Gasteiger charge is 2.13. The maximum Gasteiger partial charge on any atom is 0.187 e. The van der Waals surface area contributed by atoms with E-state index in [1.54, 1.807) is 11.8 Å². The Bertz CT molecular complexity index is 298. The Morgan fingerprint density at radius 3 is 3.00 bits per heavy atom. The van der Waals surface area contributed by atoms with Gasteiger partial charge in [-0.1, -0.05) is 11.8 Å². The predicted molar refractivity (Wildman–Crippen MR) is 60.1 cm³/mol.